The quantitative estimate of drug-likeness (QED) is 0.572. The Kier molecular flexibility index (Phi) is 5.86. The number of amides is 1. The Morgan fingerprint density at radius 3 is 2.72 bits per heavy atom. The summed E-state index contributed by atoms with van der Waals surface area (Å²) in [7, 11) is 0. The van der Waals surface area contributed by atoms with Crippen molar-refractivity contribution in [1.82, 2.24) is 9.97 Å². The molecule has 3 N–H and O–H groups in total. The molecule has 0 spiro atoms. The van der Waals surface area contributed by atoms with Crippen molar-refractivity contribution >= 4 is 21.8 Å². The van der Waals surface area contributed by atoms with Crippen LogP contribution in [0, 0.1) is 23.0 Å². The van der Waals surface area contributed by atoms with E-state index < -0.39 is 41.6 Å². The number of nitrogens with zero attached hydrogens (tertiary/aromatic N) is 3. The third-order valence-electron chi connectivity index (χ3n) is 3.77. The first-order valence-corrected chi connectivity index (χ1v) is 8.73. The van der Waals surface area contributed by atoms with Gasteiger partial charge >= 0.3 is 0 Å². The molecule has 29 heavy (non-hydrogen) atoms. The lowest BCUT2D eigenvalue weighted by atomic mass is 10.1. The summed E-state index contributed by atoms with van der Waals surface area (Å²) in [5.41, 5.74) is 5.04. The van der Waals surface area contributed by atoms with Gasteiger partial charge in [-0.1, -0.05) is 0 Å². The third-order valence-corrected chi connectivity index (χ3v) is 4.30. The Labute approximate surface area is 170 Å². The Balaban J connectivity index is 1.93. The largest absolute Gasteiger partial charge is 0.475 e. The number of carbonyl (C=O) groups excluding carboxylic acids is 1. The highest BCUT2D eigenvalue weighted by atomic mass is 79.9. The van der Waals surface area contributed by atoms with Gasteiger partial charge in [-0.15, -0.1) is 0 Å². The first-order chi connectivity index (χ1) is 13.8. The van der Waals surface area contributed by atoms with E-state index in [-0.39, 0.29) is 16.3 Å². The van der Waals surface area contributed by atoms with Crippen LogP contribution in [-0.2, 0) is 0 Å². The van der Waals surface area contributed by atoms with E-state index in [2.05, 4.69) is 25.9 Å². The average molecular weight is 465 g/mol. The summed E-state index contributed by atoms with van der Waals surface area (Å²) in [6, 6.07) is 6.72. The monoisotopic (exact) mass is 464 g/mol. The Bertz CT molecular complexity index is 1110. The number of hydrogen-bond donors (Lipinski definition) is 2. The number of primary amides is 1. The smallest absolute Gasteiger partial charge is 0.254 e. The van der Waals surface area contributed by atoms with Crippen molar-refractivity contribution in [2.45, 2.75) is 6.10 Å². The van der Waals surface area contributed by atoms with Crippen LogP contribution in [0.15, 0.2) is 39.5 Å². The van der Waals surface area contributed by atoms with Crippen molar-refractivity contribution in [2.24, 2.45) is 5.73 Å². The highest BCUT2D eigenvalue weighted by Crippen LogP contribution is 2.33. The van der Waals surface area contributed by atoms with Gasteiger partial charge in [0, 0.05) is 11.8 Å². The van der Waals surface area contributed by atoms with Crippen molar-refractivity contribution < 1.29 is 27.8 Å². The molecule has 1 unspecified atom stereocenters. The Hall–Kier alpha value is -3.36. The molecule has 3 aromatic rings. The Morgan fingerprint density at radius 1 is 1.38 bits per heavy atom. The average Bonchev–Trinajstić information content (AvgIpc) is 3.08. The highest BCUT2D eigenvalue weighted by molar-refractivity contribution is 9.10. The number of benzene rings is 1. The van der Waals surface area contributed by atoms with Crippen LogP contribution in [0.25, 0.3) is 11.3 Å². The van der Waals surface area contributed by atoms with Crippen LogP contribution in [-0.4, -0.2) is 27.6 Å². The van der Waals surface area contributed by atoms with Gasteiger partial charge in [-0.25, -0.2) is 18.7 Å². The summed E-state index contributed by atoms with van der Waals surface area (Å²) < 4.78 is 38.9. The molecule has 0 aliphatic heterocycles. The topological polar surface area (TPSA) is 135 Å². The second kappa shape index (κ2) is 8.34. The van der Waals surface area contributed by atoms with Gasteiger partial charge in [-0.05, 0) is 40.2 Å². The predicted molar refractivity (Wildman–Crippen MR) is 97.5 cm³/mol. The minimum absolute atomic E-state index is 0.122. The first kappa shape index (κ1) is 20.4. The molecule has 11 heteroatoms. The van der Waals surface area contributed by atoms with E-state index in [9.17, 15) is 18.7 Å². The summed E-state index contributed by atoms with van der Waals surface area (Å²) in [5, 5.41) is 18.4. The molecule has 1 amide bonds. The van der Waals surface area contributed by atoms with Gasteiger partial charge in [0.2, 0.25) is 5.89 Å². The number of halogens is 3. The van der Waals surface area contributed by atoms with E-state index in [0.717, 1.165) is 12.1 Å². The number of oxazole rings is 1. The minimum atomic E-state index is -1.31. The van der Waals surface area contributed by atoms with Crippen molar-refractivity contribution in [2.75, 3.05) is 6.61 Å². The predicted octanol–water partition coefficient (Wildman–Crippen LogP) is 2.86. The summed E-state index contributed by atoms with van der Waals surface area (Å²) in [6.45, 7) is -0.666. The molecule has 0 aliphatic rings. The summed E-state index contributed by atoms with van der Waals surface area (Å²) >= 11 is 3.18. The fourth-order valence-electron chi connectivity index (χ4n) is 2.40. The molecule has 0 saturated carbocycles. The number of nitrogens with two attached hydrogens (primary N) is 1. The molecule has 3 rings (SSSR count). The molecule has 0 radical (unpaired) electrons. The first-order valence-electron chi connectivity index (χ1n) is 7.93. The Morgan fingerprint density at radius 2 is 2.14 bits per heavy atom. The van der Waals surface area contributed by atoms with Crippen LogP contribution in [0.2, 0.25) is 0 Å². The van der Waals surface area contributed by atoms with E-state index in [1.807, 2.05) is 6.07 Å². The standard InChI is InChI=1S/C18H11BrF2N4O4/c19-16-15(8-1-2-9(5-22)24-6-8)25-18(29-16)12(7-26)28-11-4-3-10(20)13(14(11)21)17(23)27/h1-4,6,12,26H,7H2,(H2,23,27). The summed E-state index contributed by atoms with van der Waals surface area (Å²) in [4.78, 5) is 19.4. The molecule has 8 nitrogen and oxygen atoms in total. The van der Waals surface area contributed by atoms with E-state index >= 15 is 0 Å². The van der Waals surface area contributed by atoms with Crippen LogP contribution in [0.4, 0.5) is 8.78 Å². The van der Waals surface area contributed by atoms with Crippen LogP contribution in [0.5, 0.6) is 5.75 Å². The number of aliphatic hydroxyl groups is 1. The van der Waals surface area contributed by atoms with Crippen molar-refractivity contribution in [1.29, 1.82) is 5.26 Å². The number of pyridine rings is 1. The van der Waals surface area contributed by atoms with Crippen molar-refractivity contribution in [3.8, 4) is 23.1 Å². The van der Waals surface area contributed by atoms with E-state index in [1.165, 1.54) is 12.3 Å². The van der Waals surface area contributed by atoms with Gasteiger partial charge in [0.15, 0.2) is 22.3 Å². The summed E-state index contributed by atoms with van der Waals surface area (Å²) in [6.07, 6.45) is 0.130. The van der Waals surface area contributed by atoms with Crippen molar-refractivity contribution in [3.05, 3.63) is 63.9 Å². The normalized spacial score (nSPS) is 11.7. The van der Waals surface area contributed by atoms with Gasteiger partial charge in [0.25, 0.3) is 5.91 Å². The zero-order valence-electron chi connectivity index (χ0n) is 14.4. The SMILES string of the molecule is N#Cc1ccc(-c2nc(C(CO)Oc3ccc(F)c(C(N)=O)c3F)oc2Br)cn1. The fourth-order valence-corrected chi connectivity index (χ4v) is 2.89. The second-order valence-electron chi connectivity index (χ2n) is 5.61. The van der Waals surface area contributed by atoms with Gasteiger partial charge in [-0.2, -0.15) is 5.26 Å². The molecule has 148 valence electrons. The summed E-state index contributed by atoms with van der Waals surface area (Å²) in [5.74, 6) is -4.39. The zero-order valence-corrected chi connectivity index (χ0v) is 16.0. The maximum atomic E-state index is 14.4. The number of nitriles is 1. The van der Waals surface area contributed by atoms with Gasteiger partial charge in [0.05, 0.1) is 6.61 Å². The molecule has 0 bridgehead atoms. The fraction of sp³-hybridized carbons (Fsp3) is 0.111. The molecular formula is C18H11BrF2N4O4. The highest BCUT2D eigenvalue weighted by Gasteiger charge is 2.26. The number of carbonyl (C=O) groups is 1. The number of rotatable bonds is 6. The number of hydrogen-bond acceptors (Lipinski definition) is 7. The second-order valence-corrected chi connectivity index (χ2v) is 6.33. The van der Waals surface area contributed by atoms with Crippen LogP contribution < -0.4 is 10.5 Å². The lowest BCUT2D eigenvalue weighted by Crippen LogP contribution is -2.18. The maximum absolute atomic E-state index is 14.4. The molecule has 0 fully saturated rings. The number of aromatic nitrogens is 2. The molecule has 2 heterocycles. The van der Waals surface area contributed by atoms with Gasteiger partial charge < -0.3 is 20.0 Å². The number of aliphatic hydroxyl groups excluding tert-OH is 1. The lowest BCUT2D eigenvalue weighted by Gasteiger charge is -2.15. The minimum Gasteiger partial charge on any atom is -0.475 e. The van der Waals surface area contributed by atoms with E-state index in [0.29, 0.717) is 11.3 Å². The third kappa shape index (κ3) is 4.08. The lowest BCUT2D eigenvalue weighted by molar-refractivity contribution is 0.0880. The molecule has 1 aromatic carbocycles. The van der Waals surface area contributed by atoms with E-state index in [4.69, 9.17) is 20.1 Å². The van der Waals surface area contributed by atoms with Crippen LogP contribution >= 0.6 is 15.9 Å². The molecule has 0 aliphatic carbocycles. The molecular weight excluding hydrogens is 454 g/mol. The van der Waals surface area contributed by atoms with Gasteiger partial charge in [-0.3, -0.25) is 4.79 Å². The molecule has 0 saturated heterocycles. The maximum Gasteiger partial charge on any atom is 0.254 e. The number of ether oxygens (including phenoxy) is 1. The van der Waals surface area contributed by atoms with Crippen LogP contribution in [0.1, 0.15) is 28.0 Å². The van der Waals surface area contributed by atoms with Crippen molar-refractivity contribution in [3.63, 3.8) is 0 Å². The zero-order chi connectivity index (χ0) is 21.1. The molecule has 1 atom stereocenters. The van der Waals surface area contributed by atoms with Crippen LogP contribution in [0.3, 0.4) is 0 Å². The van der Waals surface area contributed by atoms with E-state index in [1.54, 1.807) is 6.07 Å². The molecule has 2 aromatic heterocycles. The van der Waals surface area contributed by atoms with Gasteiger partial charge in [0.1, 0.15) is 28.8 Å².